The molecule has 4 heteroatoms. The molecule has 1 amide bonds. The Morgan fingerprint density at radius 1 is 1.38 bits per heavy atom. The molecular weight excluding hydrogens is 264 g/mol. The molecule has 0 aromatic heterocycles. The zero-order valence-electron chi connectivity index (χ0n) is 14.5. The third-order valence-electron chi connectivity index (χ3n) is 5.16. The zero-order valence-corrected chi connectivity index (χ0v) is 14.5. The highest BCUT2D eigenvalue weighted by Crippen LogP contribution is 2.48. The number of amides is 1. The molecule has 0 spiro atoms. The van der Waals surface area contributed by atoms with Gasteiger partial charge in [-0.3, -0.25) is 0 Å². The van der Waals surface area contributed by atoms with Gasteiger partial charge in [-0.15, -0.1) is 0 Å². The zero-order chi connectivity index (χ0) is 15.8. The van der Waals surface area contributed by atoms with E-state index in [4.69, 9.17) is 4.74 Å². The van der Waals surface area contributed by atoms with Gasteiger partial charge in [0.2, 0.25) is 0 Å². The van der Waals surface area contributed by atoms with Crippen molar-refractivity contribution in [2.24, 2.45) is 5.41 Å². The number of ether oxygens (including phenoxy) is 1. The summed E-state index contributed by atoms with van der Waals surface area (Å²) < 4.78 is 5.54. The van der Waals surface area contributed by atoms with E-state index in [1.54, 1.807) is 0 Å². The number of carbonyl (C=O) groups is 1. The normalized spacial score (nSPS) is 29.9. The second kappa shape index (κ2) is 5.79. The molecule has 21 heavy (non-hydrogen) atoms. The van der Waals surface area contributed by atoms with Crippen LogP contribution in [0.25, 0.3) is 0 Å². The number of nitrogens with one attached hydrogen (secondary N) is 1. The molecule has 1 aliphatic carbocycles. The lowest BCUT2D eigenvalue weighted by Gasteiger charge is -2.42. The van der Waals surface area contributed by atoms with Crippen molar-refractivity contribution in [2.75, 3.05) is 6.54 Å². The Morgan fingerprint density at radius 3 is 2.52 bits per heavy atom. The van der Waals surface area contributed by atoms with Gasteiger partial charge in [0.25, 0.3) is 0 Å². The maximum Gasteiger partial charge on any atom is 0.410 e. The summed E-state index contributed by atoms with van der Waals surface area (Å²) in [4.78, 5) is 14.2. The molecule has 1 N–H and O–H groups in total. The van der Waals surface area contributed by atoms with Crippen LogP contribution >= 0.6 is 0 Å². The topological polar surface area (TPSA) is 41.6 Å². The van der Waals surface area contributed by atoms with E-state index in [-0.39, 0.29) is 12.1 Å². The van der Waals surface area contributed by atoms with Crippen molar-refractivity contribution in [3.63, 3.8) is 0 Å². The summed E-state index contributed by atoms with van der Waals surface area (Å²) in [6.07, 6.45) is 4.65. The average molecular weight is 296 g/mol. The second-order valence-electron chi connectivity index (χ2n) is 8.21. The lowest BCUT2D eigenvalue weighted by atomic mass is 9.93. The van der Waals surface area contributed by atoms with Crippen molar-refractivity contribution in [1.82, 2.24) is 10.2 Å². The van der Waals surface area contributed by atoms with Gasteiger partial charge in [0.1, 0.15) is 5.60 Å². The van der Waals surface area contributed by atoms with Crippen molar-refractivity contribution in [1.29, 1.82) is 0 Å². The molecular formula is C17H32N2O2. The number of rotatable bonds is 3. The van der Waals surface area contributed by atoms with Crippen molar-refractivity contribution < 1.29 is 9.53 Å². The minimum Gasteiger partial charge on any atom is -0.444 e. The average Bonchev–Trinajstić information content (AvgIpc) is 3.09. The van der Waals surface area contributed by atoms with Crippen LogP contribution in [0.3, 0.4) is 0 Å². The van der Waals surface area contributed by atoms with Gasteiger partial charge in [-0.25, -0.2) is 4.79 Å². The number of piperidine rings is 1. The number of carbonyl (C=O) groups excluding carboxylic acids is 1. The number of likely N-dealkylation sites (tertiary alicyclic amines) is 1. The minimum absolute atomic E-state index is 0.174. The van der Waals surface area contributed by atoms with Gasteiger partial charge < -0.3 is 15.0 Å². The van der Waals surface area contributed by atoms with Crippen LogP contribution in [0.5, 0.6) is 0 Å². The molecule has 1 aliphatic heterocycles. The third-order valence-corrected chi connectivity index (χ3v) is 5.16. The van der Waals surface area contributed by atoms with Crippen LogP contribution in [0.15, 0.2) is 0 Å². The summed E-state index contributed by atoms with van der Waals surface area (Å²) >= 11 is 0. The van der Waals surface area contributed by atoms with Crippen LogP contribution in [0.1, 0.15) is 67.2 Å². The fourth-order valence-corrected chi connectivity index (χ4v) is 3.10. The molecule has 1 heterocycles. The fourth-order valence-electron chi connectivity index (χ4n) is 3.10. The van der Waals surface area contributed by atoms with Gasteiger partial charge in [0.05, 0.1) is 0 Å². The van der Waals surface area contributed by atoms with Crippen molar-refractivity contribution in [3.8, 4) is 0 Å². The van der Waals surface area contributed by atoms with Crippen LogP contribution in [0.4, 0.5) is 4.79 Å². The molecule has 0 bridgehead atoms. The van der Waals surface area contributed by atoms with Gasteiger partial charge in [-0.05, 0) is 65.7 Å². The van der Waals surface area contributed by atoms with Gasteiger partial charge in [-0.1, -0.05) is 6.92 Å². The van der Waals surface area contributed by atoms with E-state index in [0.717, 1.165) is 19.4 Å². The van der Waals surface area contributed by atoms with E-state index in [2.05, 4.69) is 26.1 Å². The maximum absolute atomic E-state index is 12.3. The molecule has 2 rings (SSSR count). The lowest BCUT2D eigenvalue weighted by Crippen LogP contribution is -2.57. The molecule has 3 atom stereocenters. The van der Waals surface area contributed by atoms with E-state index >= 15 is 0 Å². The Balaban J connectivity index is 1.94. The van der Waals surface area contributed by atoms with E-state index in [0.29, 0.717) is 17.5 Å². The van der Waals surface area contributed by atoms with Crippen LogP contribution < -0.4 is 5.32 Å². The highest BCUT2D eigenvalue weighted by molar-refractivity contribution is 5.68. The lowest BCUT2D eigenvalue weighted by molar-refractivity contribution is 0.00589. The Labute approximate surface area is 129 Å². The third kappa shape index (κ3) is 4.12. The molecule has 0 aromatic rings. The first-order chi connectivity index (χ1) is 9.62. The monoisotopic (exact) mass is 296 g/mol. The molecule has 4 nitrogen and oxygen atoms in total. The van der Waals surface area contributed by atoms with Crippen LogP contribution in [0.2, 0.25) is 0 Å². The summed E-state index contributed by atoms with van der Waals surface area (Å²) in [5.74, 6) is 0. The summed E-state index contributed by atoms with van der Waals surface area (Å²) in [5.41, 5.74) is 0.0415. The van der Waals surface area contributed by atoms with Crippen molar-refractivity contribution in [2.45, 2.75) is 91.0 Å². The van der Waals surface area contributed by atoms with Gasteiger partial charge in [0.15, 0.2) is 0 Å². The van der Waals surface area contributed by atoms with Crippen molar-refractivity contribution in [3.05, 3.63) is 0 Å². The fraction of sp³-hybridized carbons (Fsp3) is 0.941. The number of nitrogens with zero attached hydrogens (tertiary/aromatic N) is 1. The van der Waals surface area contributed by atoms with Gasteiger partial charge >= 0.3 is 6.09 Å². The summed E-state index contributed by atoms with van der Waals surface area (Å²) in [6.45, 7) is 13.3. The number of hydrogen-bond donors (Lipinski definition) is 1. The highest BCUT2D eigenvalue weighted by atomic mass is 16.6. The first-order valence-corrected chi connectivity index (χ1v) is 8.38. The molecule has 3 unspecified atom stereocenters. The Hall–Kier alpha value is -0.770. The largest absolute Gasteiger partial charge is 0.444 e. The van der Waals surface area contributed by atoms with E-state index in [9.17, 15) is 4.79 Å². The summed E-state index contributed by atoms with van der Waals surface area (Å²) in [6, 6.07) is 1.08. The Morgan fingerprint density at radius 2 is 2.00 bits per heavy atom. The second-order valence-corrected chi connectivity index (χ2v) is 8.21. The molecule has 0 radical (unpaired) electrons. The molecule has 0 aromatic carbocycles. The minimum atomic E-state index is -0.425. The molecule has 122 valence electrons. The van der Waals surface area contributed by atoms with E-state index in [1.807, 2.05) is 25.7 Å². The quantitative estimate of drug-likeness (QED) is 0.866. The van der Waals surface area contributed by atoms with Crippen LogP contribution in [-0.2, 0) is 4.74 Å². The molecule has 1 saturated carbocycles. The maximum atomic E-state index is 12.3. The smallest absolute Gasteiger partial charge is 0.410 e. The van der Waals surface area contributed by atoms with E-state index in [1.165, 1.54) is 12.8 Å². The first-order valence-electron chi connectivity index (χ1n) is 8.38. The SMILES string of the molecule is CC1C(NC(C)C2(C)CC2)CCCN1C(=O)OC(C)(C)C. The van der Waals surface area contributed by atoms with Crippen LogP contribution in [0, 0.1) is 5.41 Å². The van der Waals surface area contributed by atoms with E-state index < -0.39 is 5.60 Å². The number of hydrogen-bond acceptors (Lipinski definition) is 3. The molecule has 2 fully saturated rings. The summed E-state index contributed by atoms with van der Waals surface area (Å²) in [5, 5.41) is 3.77. The molecule has 2 aliphatic rings. The van der Waals surface area contributed by atoms with Crippen molar-refractivity contribution >= 4 is 6.09 Å². The predicted molar refractivity (Wildman–Crippen MR) is 85.4 cm³/mol. The van der Waals surface area contributed by atoms with Crippen LogP contribution in [-0.4, -0.2) is 41.3 Å². The predicted octanol–water partition coefficient (Wildman–Crippen LogP) is 3.55. The molecule has 1 saturated heterocycles. The first kappa shape index (κ1) is 16.6. The Kier molecular flexibility index (Phi) is 4.57. The summed E-state index contributed by atoms with van der Waals surface area (Å²) in [7, 11) is 0. The Bertz CT molecular complexity index is 385. The van der Waals surface area contributed by atoms with Gasteiger partial charge in [-0.2, -0.15) is 0 Å². The standard InChI is InChI=1S/C17H32N2O2/c1-12-14(18-13(2)17(6)9-10-17)8-7-11-19(12)15(20)21-16(3,4)5/h12-14,18H,7-11H2,1-6H3. The highest BCUT2D eigenvalue weighted by Gasteiger charge is 2.44. The van der Waals surface area contributed by atoms with Gasteiger partial charge in [0, 0.05) is 24.7 Å².